The molecule has 5 nitrogen and oxygen atoms in total. The molecule has 0 aliphatic heterocycles. The number of carbonyl (C=O) groups excluding carboxylic acids is 1. The maximum Gasteiger partial charge on any atom is 0.272 e. The van der Waals surface area contributed by atoms with Crippen LogP contribution in [0.2, 0.25) is 5.02 Å². The fourth-order valence-electron chi connectivity index (χ4n) is 2.44. The van der Waals surface area contributed by atoms with E-state index in [4.69, 9.17) is 11.6 Å². The van der Waals surface area contributed by atoms with E-state index in [1.165, 1.54) is 6.33 Å². The number of nitrogens with zero attached hydrogens (tertiary/aromatic N) is 3. The van der Waals surface area contributed by atoms with Gasteiger partial charge in [0.2, 0.25) is 0 Å². The van der Waals surface area contributed by atoms with Gasteiger partial charge in [0.05, 0.1) is 0 Å². The van der Waals surface area contributed by atoms with Crippen LogP contribution in [0.4, 0.5) is 11.5 Å². The maximum atomic E-state index is 12.6. The third-order valence-electron chi connectivity index (χ3n) is 3.69. The monoisotopic (exact) mass is 346 g/mol. The summed E-state index contributed by atoms with van der Waals surface area (Å²) in [4.78, 5) is 22.8. The second-order valence-corrected chi connectivity index (χ2v) is 6.03. The maximum absolute atomic E-state index is 12.6. The molecular formula is C18H23ClN4O. The number of amides is 1. The highest BCUT2D eigenvalue weighted by Crippen LogP contribution is 2.25. The van der Waals surface area contributed by atoms with Crippen molar-refractivity contribution in [2.75, 3.05) is 18.4 Å². The summed E-state index contributed by atoms with van der Waals surface area (Å²) in [6.07, 6.45) is 3.25. The van der Waals surface area contributed by atoms with Crippen LogP contribution in [-0.2, 0) is 0 Å². The van der Waals surface area contributed by atoms with E-state index in [1.54, 1.807) is 6.07 Å². The molecule has 1 amide bonds. The molecule has 0 bridgehead atoms. The van der Waals surface area contributed by atoms with Crippen LogP contribution in [0.25, 0.3) is 0 Å². The lowest BCUT2D eigenvalue weighted by molar-refractivity contribution is 0.0749. The van der Waals surface area contributed by atoms with E-state index in [1.807, 2.05) is 30.0 Å². The van der Waals surface area contributed by atoms with Gasteiger partial charge in [0.25, 0.3) is 5.91 Å². The molecule has 0 unspecified atom stereocenters. The highest BCUT2D eigenvalue weighted by molar-refractivity contribution is 6.31. The molecule has 0 radical (unpaired) electrons. The molecule has 1 aromatic heterocycles. The SMILES string of the molecule is CCCN(CCC)C(=O)c1cc(Nc2cccc(Cl)c2C)ncn1. The number of hydrogen-bond acceptors (Lipinski definition) is 4. The number of rotatable bonds is 7. The van der Waals surface area contributed by atoms with E-state index >= 15 is 0 Å². The lowest BCUT2D eigenvalue weighted by Crippen LogP contribution is -2.33. The Balaban J connectivity index is 2.22. The number of aromatic nitrogens is 2. The van der Waals surface area contributed by atoms with E-state index in [-0.39, 0.29) is 5.91 Å². The predicted octanol–water partition coefficient (Wildman–Crippen LogP) is 4.44. The van der Waals surface area contributed by atoms with Gasteiger partial charge in [0.15, 0.2) is 0 Å². The van der Waals surface area contributed by atoms with Crippen molar-refractivity contribution in [3.63, 3.8) is 0 Å². The summed E-state index contributed by atoms with van der Waals surface area (Å²) in [5.74, 6) is 0.513. The molecule has 1 heterocycles. The first-order valence-corrected chi connectivity index (χ1v) is 8.58. The van der Waals surface area contributed by atoms with Crippen molar-refractivity contribution in [3.8, 4) is 0 Å². The van der Waals surface area contributed by atoms with Crippen LogP contribution in [0, 0.1) is 6.92 Å². The Hall–Kier alpha value is -2.14. The molecule has 2 rings (SSSR count). The Morgan fingerprint density at radius 3 is 2.58 bits per heavy atom. The first-order chi connectivity index (χ1) is 11.6. The number of hydrogen-bond donors (Lipinski definition) is 1. The Kier molecular flexibility index (Phi) is 6.55. The van der Waals surface area contributed by atoms with Gasteiger partial charge in [0, 0.05) is 29.9 Å². The summed E-state index contributed by atoms with van der Waals surface area (Å²) in [6.45, 7) is 7.51. The highest BCUT2D eigenvalue weighted by Gasteiger charge is 2.16. The quantitative estimate of drug-likeness (QED) is 0.805. The molecule has 0 atom stereocenters. The van der Waals surface area contributed by atoms with Gasteiger partial charge in [-0.25, -0.2) is 9.97 Å². The fraction of sp³-hybridized carbons (Fsp3) is 0.389. The predicted molar refractivity (Wildman–Crippen MR) is 98.0 cm³/mol. The van der Waals surface area contributed by atoms with Crippen molar-refractivity contribution in [2.24, 2.45) is 0 Å². The number of nitrogens with one attached hydrogen (secondary N) is 1. The fourth-order valence-corrected chi connectivity index (χ4v) is 2.61. The summed E-state index contributed by atoms with van der Waals surface area (Å²) in [5.41, 5.74) is 2.19. The van der Waals surface area contributed by atoms with Crippen LogP contribution in [-0.4, -0.2) is 33.9 Å². The van der Waals surface area contributed by atoms with Crippen LogP contribution in [0.15, 0.2) is 30.6 Å². The Morgan fingerprint density at radius 2 is 1.92 bits per heavy atom. The molecule has 1 N–H and O–H groups in total. The lowest BCUT2D eigenvalue weighted by atomic mass is 10.2. The van der Waals surface area contributed by atoms with E-state index < -0.39 is 0 Å². The summed E-state index contributed by atoms with van der Waals surface area (Å²) in [5, 5.41) is 3.89. The van der Waals surface area contributed by atoms with Crippen molar-refractivity contribution in [1.82, 2.24) is 14.9 Å². The molecule has 128 valence electrons. The molecule has 0 saturated heterocycles. The van der Waals surface area contributed by atoms with Crippen molar-refractivity contribution in [2.45, 2.75) is 33.6 Å². The second kappa shape index (κ2) is 8.64. The Morgan fingerprint density at radius 1 is 1.21 bits per heavy atom. The molecule has 1 aromatic carbocycles. The lowest BCUT2D eigenvalue weighted by Gasteiger charge is -2.21. The standard InChI is InChI=1S/C18H23ClN4O/c1-4-9-23(10-5-2)18(24)16-11-17(21-12-20-16)22-15-8-6-7-14(19)13(15)3/h6-8,11-12H,4-5,9-10H2,1-3H3,(H,20,21,22). The number of carbonyl (C=O) groups is 1. The van der Waals surface area contributed by atoms with Crippen molar-refractivity contribution in [1.29, 1.82) is 0 Å². The highest BCUT2D eigenvalue weighted by atomic mass is 35.5. The normalized spacial score (nSPS) is 10.5. The van der Waals surface area contributed by atoms with Crippen LogP contribution in [0.5, 0.6) is 0 Å². The number of benzene rings is 1. The van der Waals surface area contributed by atoms with Crippen molar-refractivity contribution in [3.05, 3.63) is 46.9 Å². The average Bonchev–Trinajstić information content (AvgIpc) is 2.58. The number of halogens is 1. The average molecular weight is 347 g/mol. The van der Waals surface area contributed by atoms with E-state index in [0.29, 0.717) is 16.5 Å². The largest absolute Gasteiger partial charge is 0.340 e. The Labute approximate surface area is 148 Å². The molecular weight excluding hydrogens is 324 g/mol. The summed E-state index contributed by atoms with van der Waals surface area (Å²) in [7, 11) is 0. The van der Waals surface area contributed by atoms with Gasteiger partial charge in [-0.2, -0.15) is 0 Å². The van der Waals surface area contributed by atoms with Crippen LogP contribution >= 0.6 is 11.6 Å². The zero-order valence-electron chi connectivity index (χ0n) is 14.3. The molecule has 6 heteroatoms. The van der Waals surface area contributed by atoms with Crippen molar-refractivity contribution >= 4 is 29.0 Å². The summed E-state index contributed by atoms with van der Waals surface area (Å²) < 4.78 is 0. The minimum absolute atomic E-state index is 0.0630. The molecule has 0 aliphatic rings. The van der Waals surface area contributed by atoms with Crippen molar-refractivity contribution < 1.29 is 4.79 Å². The second-order valence-electron chi connectivity index (χ2n) is 5.62. The minimum atomic E-state index is -0.0630. The van der Waals surface area contributed by atoms with Gasteiger partial charge >= 0.3 is 0 Å². The Bertz CT molecular complexity index is 699. The zero-order valence-corrected chi connectivity index (χ0v) is 15.1. The smallest absolute Gasteiger partial charge is 0.272 e. The topological polar surface area (TPSA) is 58.1 Å². The molecule has 2 aromatic rings. The first kappa shape index (κ1) is 18.2. The zero-order chi connectivity index (χ0) is 17.5. The van der Waals surface area contributed by atoms with Gasteiger partial charge in [-0.15, -0.1) is 0 Å². The van der Waals surface area contributed by atoms with Gasteiger partial charge in [-0.05, 0) is 37.5 Å². The molecule has 0 saturated carbocycles. The van der Waals surface area contributed by atoms with Crippen LogP contribution < -0.4 is 5.32 Å². The van der Waals surface area contributed by atoms with E-state index in [2.05, 4.69) is 29.1 Å². The minimum Gasteiger partial charge on any atom is -0.340 e. The van der Waals surface area contributed by atoms with E-state index in [9.17, 15) is 4.79 Å². The first-order valence-electron chi connectivity index (χ1n) is 8.20. The van der Waals surface area contributed by atoms with Crippen LogP contribution in [0.3, 0.4) is 0 Å². The number of anilines is 2. The third-order valence-corrected chi connectivity index (χ3v) is 4.10. The van der Waals surface area contributed by atoms with Gasteiger partial charge in [-0.3, -0.25) is 4.79 Å². The molecule has 24 heavy (non-hydrogen) atoms. The summed E-state index contributed by atoms with van der Waals surface area (Å²) in [6, 6.07) is 7.31. The molecule has 0 aliphatic carbocycles. The third kappa shape index (κ3) is 4.45. The van der Waals surface area contributed by atoms with Gasteiger partial charge in [0.1, 0.15) is 17.8 Å². The van der Waals surface area contributed by atoms with Gasteiger partial charge < -0.3 is 10.2 Å². The van der Waals surface area contributed by atoms with E-state index in [0.717, 1.165) is 37.2 Å². The molecule has 0 fully saturated rings. The molecule has 0 spiro atoms. The summed E-state index contributed by atoms with van der Waals surface area (Å²) >= 11 is 6.14. The van der Waals surface area contributed by atoms with Gasteiger partial charge in [-0.1, -0.05) is 31.5 Å². The van der Waals surface area contributed by atoms with Crippen LogP contribution in [0.1, 0.15) is 42.7 Å².